The number of alkyl halides is 2. The number of amides is 1. The number of rotatable bonds is 3. The second-order valence-corrected chi connectivity index (χ2v) is 7.59. The van der Waals surface area contributed by atoms with E-state index >= 15 is 0 Å². The number of hydrogen-bond donors (Lipinski definition) is 1. The number of carbonyl (C=O) groups is 1. The van der Waals surface area contributed by atoms with Crippen molar-refractivity contribution < 1.29 is 18.3 Å². The maximum atomic E-state index is 12.9. The summed E-state index contributed by atoms with van der Waals surface area (Å²) in [5.41, 5.74) is 3.67. The first-order valence-electron chi connectivity index (χ1n) is 9.20. The molecule has 0 radical (unpaired) electrons. The number of aromatic amines is 1. The van der Waals surface area contributed by atoms with E-state index in [1.807, 2.05) is 35.2 Å². The summed E-state index contributed by atoms with van der Waals surface area (Å²) in [7, 11) is 1.67. The van der Waals surface area contributed by atoms with Gasteiger partial charge in [0, 0.05) is 30.1 Å². The van der Waals surface area contributed by atoms with Crippen molar-refractivity contribution in [3.8, 4) is 5.75 Å². The number of halogens is 2. The molecule has 8 heteroatoms. The lowest BCUT2D eigenvalue weighted by molar-refractivity contribution is -0.127. The number of H-pyrrole nitrogens is 1. The third-order valence-corrected chi connectivity index (χ3v) is 6.14. The van der Waals surface area contributed by atoms with Crippen LogP contribution < -0.4 is 4.74 Å². The van der Waals surface area contributed by atoms with Gasteiger partial charge in [-0.05, 0) is 41.5 Å². The maximum absolute atomic E-state index is 12.9. The first-order chi connectivity index (χ1) is 14.0. The van der Waals surface area contributed by atoms with Crippen LogP contribution in [-0.4, -0.2) is 45.5 Å². The molecule has 1 saturated heterocycles. The van der Waals surface area contributed by atoms with Gasteiger partial charge >= 0.3 is 6.61 Å². The fourth-order valence-electron chi connectivity index (χ4n) is 4.41. The number of hydrogen-bond acceptors (Lipinski definition) is 3. The SMILES string of the molecule is CN1C(=O)C2Cc3c([nH]c4ccccc34)C(c3cccc(OC(F)F)c3)N2C1=S. The molecule has 1 amide bonds. The van der Waals surface area contributed by atoms with Crippen molar-refractivity contribution in [1.29, 1.82) is 0 Å². The third kappa shape index (κ3) is 2.70. The number of ether oxygens (including phenoxy) is 1. The molecule has 2 aliphatic heterocycles. The molecular formula is C21H17F2N3O2S. The first-order valence-corrected chi connectivity index (χ1v) is 9.60. The van der Waals surface area contributed by atoms with Gasteiger partial charge in [0.1, 0.15) is 11.8 Å². The van der Waals surface area contributed by atoms with E-state index in [0.717, 1.165) is 27.7 Å². The average Bonchev–Trinajstić information content (AvgIpc) is 3.17. The Bertz CT molecular complexity index is 1150. The Balaban J connectivity index is 1.71. The number of nitrogens with zero attached hydrogens (tertiary/aromatic N) is 2. The zero-order valence-corrected chi connectivity index (χ0v) is 16.2. The molecule has 0 saturated carbocycles. The lowest BCUT2D eigenvalue weighted by Gasteiger charge is -2.37. The van der Waals surface area contributed by atoms with Crippen molar-refractivity contribution in [2.45, 2.75) is 25.1 Å². The lowest BCUT2D eigenvalue weighted by atomic mass is 9.89. The summed E-state index contributed by atoms with van der Waals surface area (Å²) < 4.78 is 30.1. The van der Waals surface area contributed by atoms with Gasteiger partial charge in [0.05, 0.1) is 6.04 Å². The molecule has 3 aromatic rings. The van der Waals surface area contributed by atoms with Crippen LogP contribution in [0.15, 0.2) is 48.5 Å². The van der Waals surface area contributed by atoms with E-state index in [0.29, 0.717) is 11.5 Å². The highest BCUT2D eigenvalue weighted by molar-refractivity contribution is 7.80. The minimum absolute atomic E-state index is 0.0593. The summed E-state index contributed by atoms with van der Waals surface area (Å²) in [5.74, 6) is 0.0120. The highest BCUT2D eigenvalue weighted by Crippen LogP contribution is 2.44. The third-order valence-electron chi connectivity index (χ3n) is 5.65. The summed E-state index contributed by atoms with van der Waals surface area (Å²) in [4.78, 5) is 19.7. The predicted molar refractivity (Wildman–Crippen MR) is 108 cm³/mol. The van der Waals surface area contributed by atoms with Gasteiger partial charge in [-0.1, -0.05) is 30.3 Å². The summed E-state index contributed by atoms with van der Waals surface area (Å²) in [6.07, 6.45) is 0.534. The van der Waals surface area contributed by atoms with Crippen molar-refractivity contribution in [3.63, 3.8) is 0 Å². The van der Waals surface area contributed by atoms with Crippen molar-refractivity contribution in [1.82, 2.24) is 14.8 Å². The largest absolute Gasteiger partial charge is 0.435 e. The van der Waals surface area contributed by atoms with Crippen LogP contribution in [-0.2, 0) is 11.2 Å². The van der Waals surface area contributed by atoms with Gasteiger partial charge in [-0.25, -0.2) is 0 Å². The molecule has 29 heavy (non-hydrogen) atoms. The smallest absolute Gasteiger partial charge is 0.387 e. The van der Waals surface area contributed by atoms with Crippen LogP contribution in [0.1, 0.15) is 22.9 Å². The molecule has 2 unspecified atom stereocenters. The molecule has 2 aliphatic rings. The van der Waals surface area contributed by atoms with E-state index < -0.39 is 18.7 Å². The fraction of sp³-hybridized carbons (Fsp3) is 0.238. The molecule has 1 N–H and O–H groups in total. The fourth-order valence-corrected chi connectivity index (χ4v) is 4.74. The molecule has 3 heterocycles. The molecular weight excluding hydrogens is 396 g/mol. The van der Waals surface area contributed by atoms with Gasteiger partial charge in [-0.15, -0.1) is 0 Å². The molecule has 0 aliphatic carbocycles. The van der Waals surface area contributed by atoms with Gasteiger partial charge in [-0.2, -0.15) is 8.78 Å². The van der Waals surface area contributed by atoms with Gasteiger partial charge in [0.15, 0.2) is 5.11 Å². The number of aromatic nitrogens is 1. The Labute approximate surface area is 170 Å². The van der Waals surface area contributed by atoms with Crippen LogP contribution in [0.2, 0.25) is 0 Å². The summed E-state index contributed by atoms with van der Waals surface area (Å²) >= 11 is 5.57. The van der Waals surface area contributed by atoms with Crippen LogP contribution in [0, 0.1) is 0 Å². The maximum Gasteiger partial charge on any atom is 0.387 e. The molecule has 2 aromatic carbocycles. The number of carbonyl (C=O) groups excluding carboxylic acids is 1. The molecule has 1 aromatic heterocycles. The number of thiocarbonyl (C=S) groups is 1. The van der Waals surface area contributed by atoms with Crippen LogP contribution in [0.25, 0.3) is 10.9 Å². The van der Waals surface area contributed by atoms with Crippen molar-refractivity contribution >= 4 is 34.1 Å². The van der Waals surface area contributed by atoms with E-state index in [1.165, 1.54) is 11.0 Å². The predicted octanol–water partition coefficient (Wildman–Crippen LogP) is 3.84. The lowest BCUT2D eigenvalue weighted by Crippen LogP contribution is -2.44. The molecule has 0 bridgehead atoms. The zero-order chi connectivity index (χ0) is 20.3. The number of nitrogens with one attached hydrogen (secondary N) is 1. The van der Waals surface area contributed by atoms with Crippen LogP contribution in [0.4, 0.5) is 8.78 Å². The van der Waals surface area contributed by atoms with E-state index in [-0.39, 0.29) is 11.7 Å². The van der Waals surface area contributed by atoms with Crippen molar-refractivity contribution in [2.75, 3.05) is 7.05 Å². The Morgan fingerprint density at radius 1 is 1.21 bits per heavy atom. The van der Waals surface area contributed by atoms with Gasteiger partial charge in [0.25, 0.3) is 5.91 Å². The summed E-state index contributed by atoms with van der Waals surface area (Å²) in [6, 6.07) is 13.7. The van der Waals surface area contributed by atoms with Gasteiger partial charge in [-0.3, -0.25) is 9.69 Å². The number of fused-ring (bicyclic) bond motifs is 4. The molecule has 0 spiro atoms. The molecule has 5 rings (SSSR count). The van der Waals surface area contributed by atoms with Gasteiger partial charge < -0.3 is 14.6 Å². The molecule has 2 atom stereocenters. The number of benzene rings is 2. The summed E-state index contributed by atoms with van der Waals surface area (Å²) in [6.45, 7) is -2.91. The zero-order valence-electron chi connectivity index (χ0n) is 15.4. The van der Waals surface area contributed by atoms with Crippen LogP contribution in [0.5, 0.6) is 5.75 Å². The summed E-state index contributed by atoms with van der Waals surface area (Å²) in [5, 5.41) is 1.48. The van der Waals surface area contributed by atoms with Gasteiger partial charge in [0.2, 0.25) is 0 Å². The van der Waals surface area contributed by atoms with E-state index in [9.17, 15) is 13.6 Å². The minimum atomic E-state index is -2.91. The Kier molecular flexibility index (Phi) is 4.06. The van der Waals surface area contributed by atoms with Crippen LogP contribution >= 0.6 is 12.2 Å². The van der Waals surface area contributed by atoms with E-state index in [1.54, 1.807) is 19.2 Å². The van der Waals surface area contributed by atoms with E-state index in [2.05, 4.69) is 9.72 Å². The second-order valence-electron chi connectivity index (χ2n) is 7.22. The van der Waals surface area contributed by atoms with Crippen molar-refractivity contribution in [2.24, 2.45) is 0 Å². The second kappa shape index (κ2) is 6.52. The highest BCUT2D eigenvalue weighted by atomic mass is 32.1. The molecule has 5 nitrogen and oxygen atoms in total. The Morgan fingerprint density at radius 2 is 2.00 bits per heavy atom. The van der Waals surface area contributed by atoms with Crippen LogP contribution in [0.3, 0.4) is 0 Å². The topological polar surface area (TPSA) is 48.6 Å². The minimum Gasteiger partial charge on any atom is -0.435 e. The standard InChI is InChI=1S/C21H17F2N3O2S/c1-25-19(27)16-10-14-13-7-2-3-8-15(13)24-17(14)18(26(16)21(25)29)11-5-4-6-12(9-11)28-20(22)23/h2-9,16,18,20,24H,10H2,1H3. The Hall–Kier alpha value is -3.00. The Morgan fingerprint density at radius 3 is 2.79 bits per heavy atom. The quantitative estimate of drug-likeness (QED) is 0.663. The van der Waals surface area contributed by atoms with Crippen molar-refractivity contribution in [3.05, 3.63) is 65.4 Å². The number of likely N-dealkylation sites (N-methyl/N-ethyl adjacent to an activating group) is 1. The number of para-hydroxylation sites is 1. The molecule has 1 fully saturated rings. The van der Waals surface area contributed by atoms with E-state index in [4.69, 9.17) is 12.2 Å². The normalized spacial score (nSPS) is 21.1. The molecule has 148 valence electrons. The monoisotopic (exact) mass is 413 g/mol. The average molecular weight is 413 g/mol. The highest BCUT2D eigenvalue weighted by Gasteiger charge is 2.49. The first kappa shape index (κ1) is 18.1.